The van der Waals surface area contributed by atoms with Gasteiger partial charge < -0.3 is 61.4 Å². The van der Waals surface area contributed by atoms with Crippen LogP contribution in [0.5, 0.6) is 0 Å². The first-order valence-electron chi connectivity index (χ1n) is 45.7. The van der Waals surface area contributed by atoms with E-state index in [0.717, 1.165) is 229 Å². The Balaban J connectivity index is 0.000000125. The van der Waals surface area contributed by atoms with Gasteiger partial charge in [0.1, 0.15) is 22.3 Å². The maximum absolute atomic E-state index is 6.12. The molecule has 11 aromatic heterocycles. The number of hydrogen-bond donors (Lipinski definition) is 0. The molecular formula is C123H76N12O4Pt3. The zero-order chi connectivity index (χ0) is 92.2. The minimum absolute atomic E-state index is 0. The van der Waals surface area contributed by atoms with Gasteiger partial charge in [-0.1, -0.05) is 200 Å². The molecule has 0 saturated heterocycles. The van der Waals surface area contributed by atoms with Gasteiger partial charge in [-0.05, 0) is 160 Å². The number of aromatic nitrogens is 9. The number of benzene rings is 16. The van der Waals surface area contributed by atoms with Crippen molar-refractivity contribution < 1.29 is 80.9 Å². The minimum Gasteiger partial charge on any atom is -0.455 e. The average molecular weight is 2370 g/mol. The van der Waals surface area contributed by atoms with Crippen molar-refractivity contribution in [3.63, 3.8) is 0 Å². The predicted molar refractivity (Wildman–Crippen MR) is 557 cm³/mol. The van der Waals surface area contributed by atoms with Crippen LogP contribution in [0.15, 0.2) is 462 Å². The van der Waals surface area contributed by atoms with Crippen LogP contribution in [0.4, 0.5) is 51.2 Å². The second kappa shape index (κ2) is 39.1. The Bertz CT molecular complexity index is 9110. The summed E-state index contributed by atoms with van der Waals surface area (Å²) < 4.78 is 30.5. The van der Waals surface area contributed by atoms with Gasteiger partial charge in [0.05, 0.1) is 41.6 Å². The standard InChI is InChI=1S/C53H32N4O2.C38H24N4O.C32H20N4O.3Pt/c1-33-24-25-38(57-47-20-6-2-16-39(47)40-17-3-7-21-48(40)57)28-49(33)56(36-14-10-12-34(26-36)45-29-43-41-18-4-8-22-50(41)58-52(43)31-54-45)37-15-11-13-35(27-37)46-30-44-42-19-5-9-23-51(42)59-53(44)32-55-46;1-3-13-29(14-4-1)41-22-21-39-38(41)28-12-10-18-32(24-28)42(30-15-5-2-6-16-30)31-17-9-11-27(23-31)35-25-34-33-19-7-8-20-36(33)43-37(34)26-40-35;1-2-10-24(11-3-1)36(27-14-7-12-25(20-27)35-18-8-17-34-35)26-13-6-9-23(19-26)30-21-29-28-15-4-5-16-31(28)37-32(29)22-33-30;;;/h2-25,28-32H,1H3;1-22,25-26H;1-18,21-22H;;;/q3*-2;3*+2. The third-order valence-corrected chi connectivity index (χ3v) is 25.2. The molecular weight excluding hydrogens is 2290 g/mol. The zero-order valence-electron chi connectivity index (χ0n) is 75.6. The third kappa shape index (κ3) is 17.1. The second-order valence-electron chi connectivity index (χ2n) is 33.8. The van der Waals surface area contributed by atoms with Crippen LogP contribution in [0.3, 0.4) is 0 Å². The number of aryl methyl sites for hydroxylation is 1. The SMILES string of the molecule is Cc1ccc(-n2c3ccccc3c3ccccc32)cc1N(c1[c-]c(-c2cc3c(cn2)oc2ccccc23)ccc1)c1[c-]c(-c2cc3c(cn2)oc2ccccc23)ccc1.[Pt+2].[Pt+2].[Pt+2].[c-]1c(-c2cc3c(cn2)oc2ccccc23)cccc1N(c1[c-]c(-c2nccn2-c2ccccc2)ccc1)c1ccccc1.[c-]1c(-c2cc3c(cn2)oc2ccccc23)cccc1N(c1[c-]c(-n2cccn2)ccc1)c1ccccc1. The quantitative estimate of drug-likeness (QED) is 0.0795. The smallest absolute Gasteiger partial charge is 0.455 e. The van der Waals surface area contributed by atoms with Crippen LogP contribution in [-0.2, 0) is 63.2 Å². The average Bonchev–Trinajstić information content (AvgIpc) is 1.57. The fourth-order valence-electron chi connectivity index (χ4n) is 18.7. The number of imidazole rings is 1. The number of hydrogen-bond acceptors (Lipinski definition) is 13. The van der Waals surface area contributed by atoms with E-state index >= 15 is 0 Å². The molecule has 0 aliphatic carbocycles. The number of fused-ring (bicyclic) bond motifs is 15. The maximum Gasteiger partial charge on any atom is 2.00 e. The third-order valence-electron chi connectivity index (χ3n) is 25.2. The molecule has 11 heterocycles. The van der Waals surface area contributed by atoms with Crippen molar-refractivity contribution in [2.75, 3.05) is 14.7 Å². The number of rotatable bonds is 17. The van der Waals surface area contributed by atoms with E-state index in [1.807, 2.05) is 219 Å². The monoisotopic (exact) mass is 2370 g/mol. The molecule has 0 aliphatic heterocycles. The topological polar surface area (TPSA) is 154 Å². The summed E-state index contributed by atoms with van der Waals surface area (Å²) in [5, 5.41) is 15.2. The van der Waals surface area contributed by atoms with E-state index in [0.29, 0.717) is 0 Å². The van der Waals surface area contributed by atoms with Gasteiger partial charge in [-0.3, -0.25) is 9.67 Å². The number of furan rings is 4. The predicted octanol–water partition coefficient (Wildman–Crippen LogP) is 31.6. The normalized spacial score (nSPS) is 11.2. The summed E-state index contributed by atoms with van der Waals surface area (Å²) in [6, 6.07) is 156. The molecule has 0 unspecified atom stereocenters. The molecule has 16 aromatic carbocycles. The maximum atomic E-state index is 6.12. The molecule has 27 rings (SSSR count). The molecule has 0 N–H and O–H groups in total. The van der Waals surface area contributed by atoms with Crippen molar-refractivity contribution in [1.82, 2.24) is 43.8 Å². The molecule has 0 amide bonds. The van der Waals surface area contributed by atoms with Crippen LogP contribution in [0, 0.1) is 43.3 Å². The van der Waals surface area contributed by atoms with E-state index in [2.05, 4.69) is 279 Å². The molecule has 0 saturated carbocycles. The van der Waals surface area contributed by atoms with E-state index in [4.69, 9.17) is 42.6 Å². The van der Waals surface area contributed by atoms with Gasteiger partial charge in [0.15, 0.2) is 22.3 Å². The molecule has 0 fully saturated rings. The zero-order valence-corrected chi connectivity index (χ0v) is 82.4. The van der Waals surface area contributed by atoms with Crippen LogP contribution in [0.1, 0.15) is 5.56 Å². The van der Waals surface area contributed by atoms with Crippen LogP contribution < -0.4 is 14.7 Å². The van der Waals surface area contributed by atoms with Gasteiger partial charge in [0.25, 0.3) is 0 Å². The first-order chi connectivity index (χ1) is 68.8. The molecule has 19 heteroatoms. The molecule has 0 spiro atoms. The Labute approximate surface area is 859 Å². The van der Waals surface area contributed by atoms with Crippen molar-refractivity contribution in [2.24, 2.45) is 0 Å². The summed E-state index contributed by atoms with van der Waals surface area (Å²) in [6.45, 7) is 2.16. The molecule has 0 radical (unpaired) electrons. The van der Waals surface area contributed by atoms with Crippen molar-refractivity contribution in [1.29, 1.82) is 0 Å². The fourth-order valence-corrected chi connectivity index (χ4v) is 18.7. The first kappa shape index (κ1) is 90.2. The number of nitrogens with zero attached hydrogens (tertiary/aromatic N) is 12. The Hall–Kier alpha value is -17.0. The number of pyridine rings is 4. The summed E-state index contributed by atoms with van der Waals surface area (Å²) in [4.78, 5) is 30.4. The van der Waals surface area contributed by atoms with Crippen LogP contribution >= 0.6 is 0 Å². The van der Waals surface area contributed by atoms with Crippen molar-refractivity contribution in [3.05, 3.63) is 486 Å². The molecule has 682 valence electrons. The van der Waals surface area contributed by atoms with Gasteiger partial charge in [0.2, 0.25) is 0 Å². The molecule has 0 aliphatic rings. The summed E-state index contributed by atoms with van der Waals surface area (Å²) in [7, 11) is 0. The van der Waals surface area contributed by atoms with Crippen molar-refractivity contribution >= 4 is 161 Å². The number of anilines is 9. The Morgan fingerprint density at radius 3 is 1.00 bits per heavy atom. The van der Waals surface area contributed by atoms with Gasteiger partial charge in [-0.2, -0.15) is 11.2 Å². The van der Waals surface area contributed by atoms with Gasteiger partial charge in [-0.25, -0.2) is 0 Å². The molecule has 27 aromatic rings. The van der Waals surface area contributed by atoms with E-state index < -0.39 is 0 Å². The van der Waals surface area contributed by atoms with Gasteiger partial charge >= 0.3 is 63.2 Å². The van der Waals surface area contributed by atoms with E-state index in [1.165, 1.54) is 10.8 Å². The summed E-state index contributed by atoms with van der Waals surface area (Å²) >= 11 is 0. The Morgan fingerprint density at radius 2 is 0.599 bits per heavy atom. The summed E-state index contributed by atoms with van der Waals surface area (Å²) in [6.07, 6.45) is 14.7. The van der Waals surface area contributed by atoms with Crippen molar-refractivity contribution in [2.45, 2.75) is 6.92 Å². The molecule has 0 atom stereocenters. The fraction of sp³-hybridized carbons (Fsp3) is 0.00813. The largest absolute Gasteiger partial charge is 2.00 e. The van der Waals surface area contributed by atoms with E-state index in [9.17, 15) is 0 Å². The molecule has 142 heavy (non-hydrogen) atoms. The molecule has 16 nitrogen and oxygen atoms in total. The van der Waals surface area contributed by atoms with Crippen LogP contribution in [-0.4, -0.2) is 43.8 Å². The number of para-hydroxylation sites is 9. The van der Waals surface area contributed by atoms with Gasteiger partial charge in [-0.15, -0.1) is 167 Å². The Morgan fingerprint density at radius 1 is 0.254 bits per heavy atom. The molecule has 0 bridgehead atoms. The van der Waals surface area contributed by atoms with Crippen molar-refractivity contribution in [3.8, 4) is 73.5 Å². The minimum atomic E-state index is 0. The first-order valence-corrected chi connectivity index (χ1v) is 45.7. The van der Waals surface area contributed by atoms with Gasteiger partial charge in [0, 0.05) is 107 Å². The Kier molecular flexibility index (Phi) is 24.8. The van der Waals surface area contributed by atoms with Crippen LogP contribution in [0.25, 0.3) is 183 Å². The summed E-state index contributed by atoms with van der Waals surface area (Å²) in [5.41, 5.74) is 28.7. The van der Waals surface area contributed by atoms with Crippen LogP contribution in [0.2, 0.25) is 0 Å². The van der Waals surface area contributed by atoms with E-state index in [1.54, 1.807) is 23.3 Å². The van der Waals surface area contributed by atoms with E-state index in [-0.39, 0.29) is 63.2 Å². The summed E-state index contributed by atoms with van der Waals surface area (Å²) in [5.74, 6) is 0.823. The second-order valence-corrected chi connectivity index (χ2v) is 33.8.